The molecule has 6 nitrogen and oxygen atoms in total. The predicted octanol–water partition coefficient (Wildman–Crippen LogP) is 2.36. The van der Waals surface area contributed by atoms with Crippen LogP contribution in [-0.2, 0) is 0 Å². The lowest BCUT2D eigenvalue weighted by Crippen LogP contribution is -2.48. The van der Waals surface area contributed by atoms with E-state index in [9.17, 15) is 4.79 Å². The fourth-order valence-corrected chi connectivity index (χ4v) is 3.29. The molecule has 2 rings (SSSR count). The molecule has 7 heteroatoms. The summed E-state index contributed by atoms with van der Waals surface area (Å²) in [5, 5.41) is 14.8. The SMILES string of the molecule is CCSCCCNC(=O)NC1CCN(c2ccc(C#N)cn2)CC1. The molecule has 0 aliphatic carbocycles. The number of nitrogens with zero attached hydrogens (tertiary/aromatic N) is 3. The van der Waals surface area contributed by atoms with Crippen molar-refractivity contribution in [2.75, 3.05) is 36.0 Å². The molecule has 0 aromatic carbocycles. The Balaban J connectivity index is 1.66. The van der Waals surface area contributed by atoms with Crippen LogP contribution < -0.4 is 15.5 Å². The number of thioether (sulfide) groups is 1. The van der Waals surface area contributed by atoms with Gasteiger partial charge in [0.25, 0.3) is 0 Å². The molecule has 0 atom stereocenters. The van der Waals surface area contributed by atoms with E-state index >= 15 is 0 Å². The Labute approximate surface area is 148 Å². The number of anilines is 1. The smallest absolute Gasteiger partial charge is 0.315 e. The Morgan fingerprint density at radius 2 is 2.25 bits per heavy atom. The van der Waals surface area contributed by atoms with Crippen LogP contribution in [0.5, 0.6) is 0 Å². The van der Waals surface area contributed by atoms with E-state index in [4.69, 9.17) is 5.26 Å². The molecular weight excluding hydrogens is 322 g/mol. The summed E-state index contributed by atoms with van der Waals surface area (Å²) in [6.07, 6.45) is 4.42. The van der Waals surface area contributed by atoms with Gasteiger partial charge in [0.15, 0.2) is 0 Å². The third-order valence-corrected chi connectivity index (χ3v) is 4.97. The molecule has 0 spiro atoms. The van der Waals surface area contributed by atoms with Crippen LogP contribution in [0.2, 0.25) is 0 Å². The summed E-state index contributed by atoms with van der Waals surface area (Å²) in [7, 11) is 0. The van der Waals surface area contributed by atoms with Gasteiger partial charge in [0.2, 0.25) is 0 Å². The van der Waals surface area contributed by atoms with Gasteiger partial charge < -0.3 is 15.5 Å². The van der Waals surface area contributed by atoms with Gasteiger partial charge in [0, 0.05) is 31.9 Å². The van der Waals surface area contributed by atoms with E-state index in [-0.39, 0.29) is 12.1 Å². The van der Waals surface area contributed by atoms with Gasteiger partial charge in [0.05, 0.1) is 5.56 Å². The van der Waals surface area contributed by atoms with Crippen molar-refractivity contribution in [2.45, 2.75) is 32.2 Å². The number of amides is 2. The fourth-order valence-electron chi connectivity index (χ4n) is 2.65. The highest BCUT2D eigenvalue weighted by atomic mass is 32.2. The van der Waals surface area contributed by atoms with Crippen molar-refractivity contribution in [1.29, 1.82) is 5.26 Å². The van der Waals surface area contributed by atoms with Crippen molar-refractivity contribution in [2.24, 2.45) is 0 Å². The van der Waals surface area contributed by atoms with E-state index < -0.39 is 0 Å². The van der Waals surface area contributed by atoms with Gasteiger partial charge in [0.1, 0.15) is 11.9 Å². The number of hydrogen-bond acceptors (Lipinski definition) is 5. The van der Waals surface area contributed by atoms with E-state index in [1.807, 2.05) is 17.8 Å². The van der Waals surface area contributed by atoms with Crippen molar-refractivity contribution in [3.05, 3.63) is 23.9 Å². The second kappa shape index (κ2) is 10.0. The molecule has 1 aliphatic heterocycles. The molecular formula is C17H25N5OS. The summed E-state index contributed by atoms with van der Waals surface area (Å²) in [5.74, 6) is 3.11. The van der Waals surface area contributed by atoms with Crippen LogP contribution in [0, 0.1) is 11.3 Å². The minimum absolute atomic E-state index is 0.0635. The first-order chi connectivity index (χ1) is 11.7. The molecule has 1 aromatic rings. The van der Waals surface area contributed by atoms with Crippen molar-refractivity contribution in [3.63, 3.8) is 0 Å². The maximum absolute atomic E-state index is 11.9. The molecule has 0 radical (unpaired) electrons. The normalized spacial score (nSPS) is 14.9. The highest BCUT2D eigenvalue weighted by molar-refractivity contribution is 7.99. The summed E-state index contributed by atoms with van der Waals surface area (Å²) in [4.78, 5) is 18.4. The first kappa shape index (κ1) is 18.4. The van der Waals surface area contributed by atoms with Gasteiger partial charge in [-0.2, -0.15) is 17.0 Å². The minimum atomic E-state index is -0.0635. The number of piperidine rings is 1. The standard InChI is InChI=1S/C17H25N5OS/c1-2-24-11-3-8-19-17(23)21-15-6-9-22(10-7-15)16-5-4-14(12-18)13-20-16/h4-5,13,15H,2-3,6-11H2,1H3,(H2,19,21,23). The van der Waals surface area contributed by atoms with E-state index in [2.05, 4.69) is 33.5 Å². The van der Waals surface area contributed by atoms with Gasteiger partial charge in [-0.1, -0.05) is 6.92 Å². The Bertz CT molecular complexity index is 549. The summed E-state index contributed by atoms with van der Waals surface area (Å²) in [6, 6.07) is 5.90. The fraction of sp³-hybridized carbons (Fsp3) is 0.588. The lowest BCUT2D eigenvalue weighted by Gasteiger charge is -2.33. The van der Waals surface area contributed by atoms with E-state index in [1.165, 1.54) is 0 Å². The van der Waals surface area contributed by atoms with Crippen LogP contribution in [0.3, 0.4) is 0 Å². The largest absolute Gasteiger partial charge is 0.356 e. The number of nitriles is 1. The first-order valence-electron chi connectivity index (χ1n) is 8.46. The zero-order valence-electron chi connectivity index (χ0n) is 14.1. The Kier molecular flexibility index (Phi) is 7.69. The molecule has 1 aromatic heterocycles. The summed E-state index contributed by atoms with van der Waals surface area (Å²) in [5.41, 5.74) is 0.573. The lowest BCUT2D eigenvalue weighted by molar-refractivity contribution is 0.234. The molecule has 2 amide bonds. The number of carbonyl (C=O) groups excluding carboxylic acids is 1. The molecule has 0 unspecified atom stereocenters. The van der Waals surface area contributed by atoms with Crippen molar-refractivity contribution in [1.82, 2.24) is 15.6 Å². The highest BCUT2D eigenvalue weighted by Crippen LogP contribution is 2.18. The third kappa shape index (κ3) is 5.93. The van der Waals surface area contributed by atoms with E-state index in [1.54, 1.807) is 12.3 Å². The van der Waals surface area contributed by atoms with Crippen molar-refractivity contribution < 1.29 is 4.79 Å². The van der Waals surface area contributed by atoms with Gasteiger partial charge in [-0.15, -0.1) is 0 Å². The molecule has 2 heterocycles. The van der Waals surface area contributed by atoms with Crippen LogP contribution in [0.15, 0.2) is 18.3 Å². The maximum Gasteiger partial charge on any atom is 0.315 e. The number of rotatable bonds is 7. The Morgan fingerprint density at radius 3 is 2.88 bits per heavy atom. The summed E-state index contributed by atoms with van der Waals surface area (Å²) in [6.45, 7) is 4.59. The summed E-state index contributed by atoms with van der Waals surface area (Å²) < 4.78 is 0. The van der Waals surface area contributed by atoms with Crippen LogP contribution in [0.25, 0.3) is 0 Å². The first-order valence-corrected chi connectivity index (χ1v) is 9.61. The van der Waals surface area contributed by atoms with Gasteiger partial charge in [-0.25, -0.2) is 9.78 Å². The second-order valence-electron chi connectivity index (χ2n) is 5.73. The zero-order chi connectivity index (χ0) is 17.2. The molecule has 2 N–H and O–H groups in total. The predicted molar refractivity (Wildman–Crippen MR) is 98.3 cm³/mol. The molecule has 24 heavy (non-hydrogen) atoms. The lowest BCUT2D eigenvalue weighted by atomic mass is 10.1. The number of hydrogen-bond donors (Lipinski definition) is 2. The molecule has 1 fully saturated rings. The van der Waals surface area contributed by atoms with Gasteiger partial charge in [-0.05, 0) is 42.9 Å². The number of urea groups is 1. The van der Waals surface area contributed by atoms with Crippen LogP contribution in [0.1, 0.15) is 31.7 Å². The maximum atomic E-state index is 11.9. The second-order valence-corrected chi connectivity index (χ2v) is 7.12. The number of nitrogens with one attached hydrogen (secondary N) is 2. The molecule has 130 valence electrons. The monoisotopic (exact) mass is 347 g/mol. The third-order valence-electron chi connectivity index (χ3n) is 3.99. The highest BCUT2D eigenvalue weighted by Gasteiger charge is 2.21. The van der Waals surface area contributed by atoms with Crippen molar-refractivity contribution >= 4 is 23.6 Å². The molecule has 0 bridgehead atoms. The van der Waals surface area contributed by atoms with E-state index in [0.717, 1.165) is 56.2 Å². The number of aromatic nitrogens is 1. The van der Waals surface area contributed by atoms with Crippen molar-refractivity contribution in [3.8, 4) is 6.07 Å². The number of pyridine rings is 1. The molecule has 1 saturated heterocycles. The minimum Gasteiger partial charge on any atom is -0.356 e. The summed E-state index contributed by atoms with van der Waals surface area (Å²) >= 11 is 1.89. The average Bonchev–Trinajstić information content (AvgIpc) is 2.62. The van der Waals surface area contributed by atoms with Crippen LogP contribution >= 0.6 is 11.8 Å². The Hall–Kier alpha value is -1.94. The van der Waals surface area contributed by atoms with Crippen LogP contribution in [0.4, 0.5) is 10.6 Å². The average molecular weight is 347 g/mol. The Morgan fingerprint density at radius 1 is 1.46 bits per heavy atom. The quantitative estimate of drug-likeness (QED) is 0.740. The van der Waals surface area contributed by atoms with Gasteiger partial charge >= 0.3 is 6.03 Å². The van der Waals surface area contributed by atoms with E-state index in [0.29, 0.717) is 5.56 Å². The zero-order valence-corrected chi connectivity index (χ0v) is 14.9. The van der Waals surface area contributed by atoms with Gasteiger partial charge in [-0.3, -0.25) is 0 Å². The molecule has 0 saturated carbocycles. The van der Waals surface area contributed by atoms with Crippen LogP contribution in [-0.4, -0.2) is 48.2 Å². The number of carbonyl (C=O) groups is 1. The molecule has 1 aliphatic rings. The topological polar surface area (TPSA) is 81.0 Å².